The fourth-order valence-corrected chi connectivity index (χ4v) is 3.98. The molecular formula is C12H16N2O2S2. The quantitative estimate of drug-likeness (QED) is 0.793. The van der Waals surface area contributed by atoms with E-state index in [1.54, 1.807) is 11.3 Å². The third-order valence-corrected chi connectivity index (χ3v) is 5.39. The first-order valence-corrected chi connectivity index (χ1v) is 8.49. The first kappa shape index (κ1) is 13.6. The van der Waals surface area contributed by atoms with Gasteiger partial charge in [-0.1, -0.05) is 11.8 Å². The van der Waals surface area contributed by atoms with Crippen molar-refractivity contribution in [3.8, 4) is 11.8 Å². The predicted molar refractivity (Wildman–Crippen MR) is 74.2 cm³/mol. The Morgan fingerprint density at radius 1 is 1.39 bits per heavy atom. The molecule has 0 atom stereocenters. The van der Waals surface area contributed by atoms with E-state index in [9.17, 15) is 8.42 Å². The molecule has 1 fully saturated rings. The van der Waals surface area contributed by atoms with E-state index in [2.05, 4.69) is 16.7 Å². The van der Waals surface area contributed by atoms with E-state index >= 15 is 0 Å². The molecule has 4 nitrogen and oxygen atoms in total. The minimum absolute atomic E-state index is 0.266. The molecule has 2 rings (SSSR count). The van der Waals surface area contributed by atoms with Crippen LogP contribution in [-0.2, 0) is 16.4 Å². The third kappa shape index (κ3) is 3.56. The minimum atomic E-state index is -2.80. The Bertz CT molecular complexity index is 552. The lowest BCUT2D eigenvalue weighted by molar-refractivity contribution is 0.290. The maximum absolute atomic E-state index is 11.3. The summed E-state index contributed by atoms with van der Waals surface area (Å²) in [6, 6.07) is 1.99. The van der Waals surface area contributed by atoms with Crippen molar-refractivity contribution in [3.63, 3.8) is 0 Å². The Morgan fingerprint density at radius 3 is 2.78 bits per heavy atom. The normalized spacial score (nSPS) is 19.2. The second kappa shape index (κ2) is 5.85. The molecular weight excluding hydrogens is 268 g/mol. The molecule has 0 saturated carbocycles. The van der Waals surface area contributed by atoms with Crippen molar-refractivity contribution in [2.75, 3.05) is 31.1 Å². The highest BCUT2D eigenvalue weighted by atomic mass is 32.2. The molecule has 0 unspecified atom stereocenters. The maximum atomic E-state index is 11.3. The molecule has 0 aromatic carbocycles. The fourth-order valence-electron chi connectivity index (χ4n) is 1.83. The number of rotatable bonds is 2. The van der Waals surface area contributed by atoms with Gasteiger partial charge in [-0.05, 0) is 11.4 Å². The Hall–Kier alpha value is -0.870. The number of thiophene rings is 1. The van der Waals surface area contributed by atoms with Gasteiger partial charge < -0.3 is 5.73 Å². The van der Waals surface area contributed by atoms with Crippen molar-refractivity contribution in [1.29, 1.82) is 0 Å². The van der Waals surface area contributed by atoms with Crippen LogP contribution in [0.1, 0.15) is 10.4 Å². The van der Waals surface area contributed by atoms with Gasteiger partial charge in [-0.3, -0.25) is 4.90 Å². The molecule has 1 aromatic heterocycles. The van der Waals surface area contributed by atoms with Crippen LogP contribution in [0, 0.1) is 11.8 Å². The van der Waals surface area contributed by atoms with Gasteiger partial charge in [0.15, 0.2) is 9.84 Å². The molecule has 0 bridgehead atoms. The molecule has 1 aromatic rings. The second-order valence-corrected chi connectivity index (χ2v) is 7.50. The average Bonchev–Trinajstić information content (AvgIpc) is 2.77. The monoisotopic (exact) mass is 284 g/mol. The number of nitrogens with two attached hydrogens (primary N) is 1. The van der Waals surface area contributed by atoms with E-state index in [4.69, 9.17) is 5.73 Å². The molecule has 1 aliphatic rings. The van der Waals surface area contributed by atoms with Crippen molar-refractivity contribution in [3.05, 3.63) is 21.9 Å². The van der Waals surface area contributed by atoms with Crippen molar-refractivity contribution < 1.29 is 8.42 Å². The van der Waals surface area contributed by atoms with Gasteiger partial charge >= 0.3 is 0 Å². The number of sulfone groups is 1. The molecule has 98 valence electrons. The summed E-state index contributed by atoms with van der Waals surface area (Å²) in [7, 11) is -2.80. The highest BCUT2D eigenvalue weighted by Crippen LogP contribution is 2.19. The van der Waals surface area contributed by atoms with Crippen molar-refractivity contribution in [1.82, 2.24) is 4.90 Å². The Kier molecular flexibility index (Phi) is 4.40. The van der Waals surface area contributed by atoms with Crippen LogP contribution in [0.2, 0.25) is 0 Å². The van der Waals surface area contributed by atoms with E-state index in [1.807, 2.05) is 11.4 Å². The molecule has 1 saturated heterocycles. The van der Waals surface area contributed by atoms with Crippen LogP contribution in [0.25, 0.3) is 0 Å². The Labute approximate surface area is 112 Å². The lowest BCUT2D eigenvalue weighted by Gasteiger charge is -2.26. The third-order valence-electron chi connectivity index (χ3n) is 2.87. The smallest absolute Gasteiger partial charge is 0.152 e. The summed E-state index contributed by atoms with van der Waals surface area (Å²) in [6.07, 6.45) is 0. The first-order valence-electron chi connectivity index (χ1n) is 5.79. The molecule has 2 heterocycles. The number of hydrogen-bond acceptors (Lipinski definition) is 5. The topological polar surface area (TPSA) is 63.4 Å². The summed E-state index contributed by atoms with van der Waals surface area (Å²) < 4.78 is 22.7. The highest BCUT2D eigenvalue weighted by molar-refractivity contribution is 7.91. The molecule has 0 amide bonds. The first-order chi connectivity index (χ1) is 8.61. The SMILES string of the molecule is NCC#Cc1ccsc1CN1CCS(=O)(=O)CC1. The van der Waals surface area contributed by atoms with E-state index in [0.29, 0.717) is 19.6 Å². The van der Waals surface area contributed by atoms with Crippen molar-refractivity contribution in [2.45, 2.75) is 6.54 Å². The second-order valence-electron chi connectivity index (χ2n) is 4.19. The average molecular weight is 284 g/mol. The van der Waals surface area contributed by atoms with Crippen LogP contribution in [0.4, 0.5) is 0 Å². The van der Waals surface area contributed by atoms with Gasteiger partial charge in [0.2, 0.25) is 0 Å². The van der Waals surface area contributed by atoms with Gasteiger partial charge in [0.1, 0.15) is 0 Å². The summed E-state index contributed by atoms with van der Waals surface area (Å²) in [5.74, 6) is 6.43. The van der Waals surface area contributed by atoms with E-state index in [-0.39, 0.29) is 11.5 Å². The van der Waals surface area contributed by atoms with Crippen LogP contribution in [0.5, 0.6) is 0 Å². The van der Waals surface area contributed by atoms with Gasteiger partial charge in [0.05, 0.1) is 18.1 Å². The molecule has 0 radical (unpaired) electrons. The van der Waals surface area contributed by atoms with Gasteiger partial charge in [0.25, 0.3) is 0 Å². The van der Waals surface area contributed by atoms with Gasteiger partial charge in [-0.25, -0.2) is 8.42 Å². The zero-order valence-corrected chi connectivity index (χ0v) is 11.7. The molecule has 18 heavy (non-hydrogen) atoms. The van der Waals surface area contributed by atoms with E-state index < -0.39 is 9.84 Å². The van der Waals surface area contributed by atoms with Gasteiger partial charge in [-0.2, -0.15) is 0 Å². The summed E-state index contributed by atoms with van der Waals surface area (Å²) in [4.78, 5) is 3.36. The van der Waals surface area contributed by atoms with Crippen molar-refractivity contribution in [2.24, 2.45) is 5.73 Å². The Balaban J connectivity index is 2.00. The largest absolute Gasteiger partial charge is 0.320 e. The zero-order chi connectivity index (χ0) is 13.0. The van der Waals surface area contributed by atoms with Crippen LogP contribution in [0.3, 0.4) is 0 Å². The lowest BCUT2D eigenvalue weighted by atomic mass is 10.2. The molecule has 2 N–H and O–H groups in total. The molecule has 6 heteroatoms. The summed E-state index contributed by atoms with van der Waals surface area (Å²) in [5.41, 5.74) is 6.37. The van der Waals surface area contributed by atoms with Crippen LogP contribution < -0.4 is 5.73 Å². The minimum Gasteiger partial charge on any atom is -0.320 e. The number of hydrogen-bond donors (Lipinski definition) is 1. The highest BCUT2D eigenvalue weighted by Gasteiger charge is 2.22. The van der Waals surface area contributed by atoms with Crippen LogP contribution in [0.15, 0.2) is 11.4 Å². The standard InChI is InChI=1S/C12H16N2O2S2/c13-4-1-2-11-3-7-17-12(11)10-14-5-8-18(15,16)9-6-14/h3,7H,4-6,8-10,13H2. The lowest BCUT2D eigenvalue weighted by Crippen LogP contribution is -2.39. The Morgan fingerprint density at radius 2 is 2.11 bits per heavy atom. The number of nitrogens with zero attached hydrogens (tertiary/aromatic N) is 1. The molecule has 0 spiro atoms. The summed E-state index contributed by atoms with van der Waals surface area (Å²) >= 11 is 1.66. The zero-order valence-electron chi connectivity index (χ0n) is 10.1. The molecule has 0 aliphatic carbocycles. The van der Waals surface area contributed by atoms with E-state index in [1.165, 1.54) is 4.88 Å². The van der Waals surface area contributed by atoms with Gasteiger partial charge in [0, 0.05) is 30.1 Å². The van der Waals surface area contributed by atoms with Crippen molar-refractivity contribution >= 4 is 21.2 Å². The van der Waals surface area contributed by atoms with Crippen LogP contribution in [-0.4, -0.2) is 44.5 Å². The van der Waals surface area contributed by atoms with Gasteiger partial charge in [-0.15, -0.1) is 11.3 Å². The predicted octanol–water partition coefficient (Wildman–Crippen LogP) is 0.289. The maximum Gasteiger partial charge on any atom is 0.152 e. The fraction of sp³-hybridized carbons (Fsp3) is 0.500. The molecule has 1 aliphatic heterocycles. The summed E-state index contributed by atoms with van der Waals surface area (Å²) in [5, 5.41) is 2.01. The summed E-state index contributed by atoms with van der Waals surface area (Å²) in [6.45, 7) is 2.37. The van der Waals surface area contributed by atoms with Crippen LogP contribution >= 0.6 is 11.3 Å². The van der Waals surface area contributed by atoms with E-state index in [0.717, 1.165) is 12.1 Å².